The van der Waals surface area contributed by atoms with Gasteiger partial charge in [-0.2, -0.15) is 11.8 Å². The summed E-state index contributed by atoms with van der Waals surface area (Å²) >= 11 is 3.62. The standard InChI is InChI=1S/C12H20N4S2/c1-3-13-10-6-11(16-12(15-10)17-2)14-7-9-4-5-18-8-9/h6,9H,3-5,7-8H2,1-2H3,(H2,13,14,15,16). The van der Waals surface area contributed by atoms with Crippen LogP contribution in [-0.4, -0.2) is 40.8 Å². The SMILES string of the molecule is CCNc1cc(NCC2CCSC2)nc(SC)n1. The van der Waals surface area contributed by atoms with Gasteiger partial charge in [0.2, 0.25) is 0 Å². The van der Waals surface area contributed by atoms with Crippen molar-refractivity contribution in [3.05, 3.63) is 6.07 Å². The van der Waals surface area contributed by atoms with Crippen LogP contribution in [0.2, 0.25) is 0 Å². The van der Waals surface area contributed by atoms with Gasteiger partial charge >= 0.3 is 0 Å². The summed E-state index contributed by atoms with van der Waals surface area (Å²) in [5.41, 5.74) is 0. The normalized spacial score (nSPS) is 18.9. The Morgan fingerprint density at radius 3 is 2.78 bits per heavy atom. The lowest BCUT2D eigenvalue weighted by molar-refractivity contribution is 0.630. The van der Waals surface area contributed by atoms with Crippen molar-refractivity contribution >= 4 is 35.2 Å². The molecular weight excluding hydrogens is 264 g/mol. The molecule has 0 radical (unpaired) electrons. The number of anilines is 2. The molecule has 0 saturated carbocycles. The first-order chi connectivity index (χ1) is 8.81. The van der Waals surface area contributed by atoms with Gasteiger partial charge in [0.05, 0.1) is 0 Å². The van der Waals surface area contributed by atoms with Crippen LogP contribution in [0.25, 0.3) is 0 Å². The van der Waals surface area contributed by atoms with E-state index in [0.29, 0.717) is 0 Å². The number of thioether (sulfide) groups is 2. The van der Waals surface area contributed by atoms with Crippen LogP contribution >= 0.6 is 23.5 Å². The van der Waals surface area contributed by atoms with Gasteiger partial charge in [0.1, 0.15) is 11.6 Å². The lowest BCUT2D eigenvalue weighted by Crippen LogP contribution is -2.15. The van der Waals surface area contributed by atoms with E-state index in [0.717, 1.165) is 35.8 Å². The van der Waals surface area contributed by atoms with Crippen LogP contribution < -0.4 is 10.6 Å². The molecule has 1 saturated heterocycles. The third-order valence-electron chi connectivity index (χ3n) is 2.84. The maximum Gasteiger partial charge on any atom is 0.191 e. The molecule has 0 amide bonds. The van der Waals surface area contributed by atoms with Gasteiger partial charge in [0.25, 0.3) is 0 Å². The molecule has 1 aliphatic rings. The molecule has 1 fully saturated rings. The number of rotatable bonds is 6. The molecule has 100 valence electrons. The van der Waals surface area contributed by atoms with Gasteiger partial charge in [-0.3, -0.25) is 0 Å². The van der Waals surface area contributed by atoms with Gasteiger partial charge in [-0.25, -0.2) is 9.97 Å². The van der Waals surface area contributed by atoms with Crippen LogP contribution in [0.1, 0.15) is 13.3 Å². The molecule has 0 bridgehead atoms. The lowest BCUT2D eigenvalue weighted by atomic mass is 10.1. The van der Waals surface area contributed by atoms with Gasteiger partial charge in [-0.15, -0.1) is 0 Å². The molecule has 2 heterocycles. The van der Waals surface area contributed by atoms with Gasteiger partial charge in [0.15, 0.2) is 5.16 Å². The molecule has 1 aliphatic heterocycles. The maximum absolute atomic E-state index is 4.49. The monoisotopic (exact) mass is 284 g/mol. The molecule has 1 aromatic heterocycles. The molecule has 18 heavy (non-hydrogen) atoms. The van der Waals surface area contributed by atoms with E-state index in [1.54, 1.807) is 11.8 Å². The molecular formula is C12H20N4S2. The van der Waals surface area contributed by atoms with Crippen LogP contribution in [0.5, 0.6) is 0 Å². The molecule has 0 spiro atoms. The minimum Gasteiger partial charge on any atom is -0.370 e. The highest BCUT2D eigenvalue weighted by atomic mass is 32.2. The fraction of sp³-hybridized carbons (Fsp3) is 0.667. The molecule has 0 aliphatic carbocycles. The van der Waals surface area contributed by atoms with E-state index >= 15 is 0 Å². The molecule has 2 rings (SSSR count). The van der Waals surface area contributed by atoms with Crippen molar-refractivity contribution in [3.63, 3.8) is 0 Å². The zero-order valence-electron chi connectivity index (χ0n) is 10.9. The van der Waals surface area contributed by atoms with Crippen molar-refractivity contribution < 1.29 is 0 Å². The summed E-state index contributed by atoms with van der Waals surface area (Å²) in [5.74, 6) is 5.19. The van der Waals surface area contributed by atoms with Crippen molar-refractivity contribution in [2.75, 3.05) is 41.5 Å². The van der Waals surface area contributed by atoms with Crippen molar-refractivity contribution in [2.45, 2.75) is 18.5 Å². The quantitative estimate of drug-likeness (QED) is 0.619. The molecule has 0 aromatic carbocycles. The predicted molar refractivity (Wildman–Crippen MR) is 81.9 cm³/mol. The fourth-order valence-corrected chi connectivity index (χ4v) is 3.54. The van der Waals surface area contributed by atoms with E-state index in [9.17, 15) is 0 Å². The van der Waals surface area contributed by atoms with Gasteiger partial charge in [-0.1, -0.05) is 11.8 Å². The molecule has 1 aromatic rings. The number of hydrogen-bond acceptors (Lipinski definition) is 6. The largest absolute Gasteiger partial charge is 0.370 e. The summed E-state index contributed by atoms with van der Waals surface area (Å²) < 4.78 is 0. The van der Waals surface area contributed by atoms with E-state index in [1.165, 1.54) is 17.9 Å². The molecule has 6 heteroatoms. The first-order valence-electron chi connectivity index (χ1n) is 6.30. The van der Waals surface area contributed by atoms with Gasteiger partial charge < -0.3 is 10.6 Å². The summed E-state index contributed by atoms with van der Waals surface area (Å²) in [6.45, 7) is 3.97. The Hall–Kier alpha value is -0.620. The van der Waals surface area contributed by atoms with Crippen molar-refractivity contribution in [3.8, 4) is 0 Å². The Morgan fingerprint density at radius 2 is 2.17 bits per heavy atom. The van der Waals surface area contributed by atoms with E-state index in [-0.39, 0.29) is 0 Å². The maximum atomic E-state index is 4.49. The summed E-state index contributed by atoms with van der Waals surface area (Å²) in [5, 5.41) is 7.50. The van der Waals surface area contributed by atoms with Crippen LogP contribution in [0.3, 0.4) is 0 Å². The van der Waals surface area contributed by atoms with Crippen molar-refractivity contribution in [1.29, 1.82) is 0 Å². The Bertz CT molecular complexity index is 380. The van der Waals surface area contributed by atoms with Crippen molar-refractivity contribution in [1.82, 2.24) is 9.97 Å². The van der Waals surface area contributed by atoms with Crippen LogP contribution in [0, 0.1) is 5.92 Å². The zero-order chi connectivity index (χ0) is 12.8. The Morgan fingerprint density at radius 1 is 1.39 bits per heavy atom. The minimum atomic E-state index is 0.783. The Balaban J connectivity index is 1.98. The minimum absolute atomic E-state index is 0.783. The summed E-state index contributed by atoms with van der Waals surface area (Å²) in [6.07, 6.45) is 3.32. The fourth-order valence-electron chi connectivity index (χ4n) is 1.87. The van der Waals surface area contributed by atoms with Gasteiger partial charge in [0, 0.05) is 19.2 Å². The Labute approximate surface area is 117 Å². The van der Waals surface area contributed by atoms with E-state index in [2.05, 4.69) is 27.5 Å². The first-order valence-corrected chi connectivity index (χ1v) is 8.68. The van der Waals surface area contributed by atoms with Crippen LogP contribution in [-0.2, 0) is 0 Å². The molecule has 2 N–H and O–H groups in total. The molecule has 1 atom stereocenters. The highest BCUT2D eigenvalue weighted by Gasteiger charge is 2.15. The number of nitrogens with zero attached hydrogens (tertiary/aromatic N) is 2. The lowest BCUT2D eigenvalue weighted by Gasteiger charge is -2.12. The Kier molecular flexibility index (Phi) is 5.44. The second-order valence-electron chi connectivity index (χ2n) is 4.27. The summed E-state index contributed by atoms with van der Waals surface area (Å²) in [6, 6.07) is 1.99. The average molecular weight is 284 g/mol. The van der Waals surface area contributed by atoms with E-state index in [4.69, 9.17) is 0 Å². The summed E-state index contributed by atoms with van der Waals surface area (Å²) in [4.78, 5) is 8.91. The van der Waals surface area contributed by atoms with Crippen molar-refractivity contribution in [2.24, 2.45) is 5.92 Å². The smallest absolute Gasteiger partial charge is 0.191 e. The van der Waals surface area contributed by atoms with E-state index < -0.39 is 0 Å². The third-order valence-corrected chi connectivity index (χ3v) is 4.62. The predicted octanol–water partition coefficient (Wildman–Crippen LogP) is 2.80. The second kappa shape index (κ2) is 7.09. The number of nitrogens with one attached hydrogen (secondary N) is 2. The first kappa shape index (κ1) is 13.8. The van der Waals surface area contributed by atoms with Crippen LogP contribution in [0.15, 0.2) is 11.2 Å². The third kappa shape index (κ3) is 3.95. The summed E-state index contributed by atoms with van der Waals surface area (Å²) in [7, 11) is 0. The highest BCUT2D eigenvalue weighted by molar-refractivity contribution is 7.99. The van der Waals surface area contributed by atoms with Gasteiger partial charge in [-0.05, 0) is 37.0 Å². The van der Waals surface area contributed by atoms with E-state index in [1.807, 2.05) is 24.1 Å². The zero-order valence-corrected chi connectivity index (χ0v) is 12.5. The molecule has 4 nitrogen and oxygen atoms in total. The number of aromatic nitrogens is 2. The average Bonchev–Trinajstić information content (AvgIpc) is 2.89. The van der Waals surface area contributed by atoms with Crippen LogP contribution in [0.4, 0.5) is 11.6 Å². The number of hydrogen-bond donors (Lipinski definition) is 2. The topological polar surface area (TPSA) is 49.8 Å². The highest BCUT2D eigenvalue weighted by Crippen LogP contribution is 2.24. The molecule has 1 unspecified atom stereocenters. The second-order valence-corrected chi connectivity index (χ2v) is 6.19.